The summed E-state index contributed by atoms with van der Waals surface area (Å²) < 4.78 is 5.66. The number of rotatable bonds is 5. The first-order valence-electron chi connectivity index (χ1n) is 8.67. The molecule has 1 unspecified atom stereocenters. The molecule has 1 aliphatic heterocycles. The zero-order chi connectivity index (χ0) is 17.9. The van der Waals surface area contributed by atoms with Gasteiger partial charge in [-0.3, -0.25) is 9.89 Å². The quantitative estimate of drug-likeness (QED) is 0.875. The molecule has 2 heterocycles. The Bertz CT molecular complexity index is 706. The third kappa shape index (κ3) is 4.39. The molecule has 0 radical (unpaired) electrons. The molecule has 0 spiro atoms. The predicted octanol–water partition coefficient (Wildman–Crippen LogP) is 2.61. The number of nitrogens with one attached hydrogen (secondary N) is 1. The number of benzene rings is 1. The fraction of sp³-hybridized carbons (Fsp3) is 0.474. The normalized spacial score (nSPS) is 18.2. The van der Waals surface area contributed by atoms with E-state index in [1.165, 1.54) is 0 Å². The summed E-state index contributed by atoms with van der Waals surface area (Å²) >= 11 is 0. The molecule has 6 nitrogen and oxygen atoms in total. The summed E-state index contributed by atoms with van der Waals surface area (Å²) in [6.45, 7) is 5.20. The molecule has 2 N–H and O–H groups in total. The Morgan fingerprint density at radius 2 is 2.16 bits per heavy atom. The molecule has 1 fully saturated rings. The van der Waals surface area contributed by atoms with E-state index in [2.05, 4.69) is 10.2 Å². The van der Waals surface area contributed by atoms with E-state index in [9.17, 15) is 9.90 Å². The number of nitrogens with zero attached hydrogens (tertiary/aromatic N) is 2. The lowest BCUT2D eigenvalue weighted by Gasteiger charge is -2.38. The van der Waals surface area contributed by atoms with Gasteiger partial charge >= 0.3 is 0 Å². The second kappa shape index (κ2) is 7.27. The fourth-order valence-electron chi connectivity index (χ4n) is 3.12. The molecule has 6 heteroatoms. The summed E-state index contributed by atoms with van der Waals surface area (Å²) in [6.07, 6.45) is 1.83. The Labute approximate surface area is 147 Å². The molecule has 1 amide bonds. The van der Waals surface area contributed by atoms with E-state index < -0.39 is 5.60 Å². The average Bonchev–Trinajstić information content (AvgIpc) is 3.08. The molecular weight excluding hydrogens is 318 g/mol. The number of H-pyrrole nitrogens is 1. The highest BCUT2D eigenvalue weighted by Crippen LogP contribution is 2.27. The largest absolute Gasteiger partial charge is 0.487 e. The van der Waals surface area contributed by atoms with Crippen molar-refractivity contribution in [2.75, 3.05) is 13.1 Å². The van der Waals surface area contributed by atoms with Crippen molar-refractivity contribution < 1.29 is 14.6 Å². The molecule has 1 aliphatic rings. The van der Waals surface area contributed by atoms with Crippen molar-refractivity contribution in [3.8, 4) is 5.75 Å². The van der Waals surface area contributed by atoms with Gasteiger partial charge in [0.25, 0.3) is 5.91 Å². The van der Waals surface area contributed by atoms with Crippen molar-refractivity contribution in [1.82, 2.24) is 15.1 Å². The van der Waals surface area contributed by atoms with Crippen molar-refractivity contribution >= 4 is 5.91 Å². The van der Waals surface area contributed by atoms with E-state index >= 15 is 0 Å². The molecule has 1 aromatic carbocycles. The molecule has 2 aromatic rings. The fourth-order valence-corrected chi connectivity index (χ4v) is 3.12. The lowest BCUT2D eigenvalue weighted by molar-refractivity contribution is -0.0147. The van der Waals surface area contributed by atoms with E-state index in [0.717, 1.165) is 24.3 Å². The number of aromatic nitrogens is 2. The summed E-state index contributed by atoms with van der Waals surface area (Å²) in [5.74, 6) is 0.759. The van der Waals surface area contributed by atoms with E-state index in [4.69, 9.17) is 4.74 Å². The molecule has 1 saturated heterocycles. The first kappa shape index (κ1) is 17.5. The van der Waals surface area contributed by atoms with Crippen LogP contribution in [0.25, 0.3) is 0 Å². The van der Waals surface area contributed by atoms with Crippen LogP contribution in [-0.4, -0.2) is 44.8 Å². The summed E-state index contributed by atoms with van der Waals surface area (Å²) in [5.41, 5.74) is 0.366. The highest BCUT2D eigenvalue weighted by molar-refractivity contribution is 5.92. The highest BCUT2D eigenvalue weighted by Gasteiger charge is 2.33. The lowest BCUT2D eigenvalue weighted by atomic mass is 9.84. The van der Waals surface area contributed by atoms with Crippen molar-refractivity contribution in [2.45, 2.75) is 38.9 Å². The van der Waals surface area contributed by atoms with Crippen LogP contribution in [0.3, 0.4) is 0 Å². The van der Waals surface area contributed by atoms with E-state index in [1.54, 1.807) is 24.8 Å². The third-order valence-electron chi connectivity index (χ3n) is 4.70. The highest BCUT2D eigenvalue weighted by atomic mass is 16.5. The lowest BCUT2D eigenvalue weighted by Crippen LogP contribution is -2.47. The van der Waals surface area contributed by atoms with Gasteiger partial charge in [-0.15, -0.1) is 0 Å². The van der Waals surface area contributed by atoms with Crippen LogP contribution in [0.15, 0.2) is 36.4 Å². The Morgan fingerprint density at radius 1 is 1.40 bits per heavy atom. The van der Waals surface area contributed by atoms with Crippen LogP contribution < -0.4 is 4.74 Å². The maximum Gasteiger partial charge on any atom is 0.274 e. The second-order valence-electron chi connectivity index (χ2n) is 7.12. The van der Waals surface area contributed by atoms with Crippen molar-refractivity contribution in [2.24, 2.45) is 5.92 Å². The Balaban J connectivity index is 1.60. The number of likely N-dealkylation sites (tertiary alicyclic amines) is 1. The minimum atomic E-state index is -0.779. The van der Waals surface area contributed by atoms with Crippen LogP contribution in [0, 0.1) is 5.92 Å². The smallest absolute Gasteiger partial charge is 0.274 e. The minimum Gasteiger partial charge on any atom is -0.487 e. The van der Waals surface area contributed by atoms with Gasteiger partial charge in [-0.1, -0.05) is 18.2 Å². The predicted molar refractivity (Wildman–Crippen MR) is 94.3 cm³/mol. The first-order valence-corrected chi connectivity index (χ1v) is 8.67. The summed E-state index contributed by atoms with van der Waals surface area (Å²) in [4.78, 5) is 14.5. The van der Waals surface area contributed by atoms with Gasteiger partial charge in [-0.05, 0) is 44.9 Å². The summed E-state index contributed by atoms with van der Waals surface area (Å²) in [6, 6.07) is 11.2. The average molecular weight is 343 g/mol. The van der Waals surface area contributed by atoms with Gasteiger partial charge in [-0.2, -0.15) is 5.10 Å². The minimum absolute atomic E-state index is 0.0880. The van der Waals surface area contributed by atoms with Crippen LogP contribution in [0.4, 0.5) is 0 Å². The number of hydrogen-bond donors (Lipinski definition) is 2. The van der Waals surface area contributed by atoms with Gasteiger partial charge in [0.1, 0.15) is 12.4 Å². The van der Waals surface area contributed by atoms with Crippen molar-refractivity contribution in [3.05, 3.63) is 47.8 Å². The van der Waals surface area contributed by atoms with Crippen LogP contribution in [-0.2, 0) is 6.61 Å². The number of carbonyl (C=O) groups excluding carboxylic acids is 1. The SMILES string of the molecule is CC(C)(O)C1CCCN(C(=O)c2cc(COc3ccccc3)[nH]n2)C1. The zero-order valence-electron chi connectivity index (χ0n) is 14.7. The van der Waals surface area contributed by atoms with Gasteiger partial charge in [0.05, 0.1) is 11.3 Å². The molecule has 0 saturated carbocycles. The number of ether oxygens (including phenoxy) is 1. The monoisotopic (exact) mass is 343 g/mol. The number of aromatic amines is 1. The maximum absolute atomic E-state index is 12.7. The first-order chi connectivity index (χ1) is 11.9. The second-order valence-corrected chi connectivity index (χ2v) is 7.12. The van der Waals surface area contributed by atoms with Crippen LogP contribution in [0.1, 0.15) is 42.9 Å². The molecule has 1 atom stereocenters. The van der Waals surface area contributed by atoms with Gasteiger partial charge in [0.15, 0.2) is 5.69 Å². The van der Waals surface area contributed by atoms with Gasteiger partial charge in [-0.25, -0.2) is 0 Å². The van der Waals surface area contributed by atoms with Crippen LogP contribution in [0.2, 0.25) is 0 Å². The molecule has 25 heavy (non-hydrogen) atoms. The van der Waals surface area contributed by atoms with Gasteiger partial charge in [0, 0.05) is 19.0 Å². The molecule has 1 aromatic heterocycles. The Kier molecular flexibility index (Phi) is 5.08. The number of para-hydroxylation sites is 1. The van der Waals surface area contributed by atoms with Crippen molar-refractivity contribution in [3.63, 3.8) is 0 Å². The number of aliphatic hydroxyl groups is 1. The topological polar surface area (TPSA) is 78.5 Å². The third-order valence-corrected chi connectivity index (χ3v) is 4.70. The van der Waals surface area contributed by atoms with E-state index in [1.807, 2.05) is 30.3 Å². The van der Waals surface area contributed by atoms with E-state index in [0.29, 0.717) is 25.4 Å². The van der Waals surface area contributed by atoms with Crippen molar-refractivity contribution in [1.29, 1.82) is 0 Å². The maximum atomic E-state index is 12.7. The molecule has 0 aliphatic carbocycles. The summed E-state index contributed by atoms with van der Waals surface area (Å²) in [7, 11) is 0. The number of piperidine rings is 1. The van der Waals surface area contributed by atoms with E-state index in [-0.39, 0.29) is 11.8 Å². The number of amides is 1. The molecule has 3 rings (SSSR count). The van der Waals surface area contributed by atoms with Gasteiger partial charge < -0.3 is 14.7 Å². The van der Waals surface area contributed by atoms with Crippen LogP contribution in [0.5, 0.6) is 5.75 Å². The Morgan fingerprint density at radius 3 is 2.88 bits per heavy atom. The number of hydrogen-bond acceptors (Lipinski definition) is 4. The molecule has 134 valence electrons. The standard InChI is InChI=1S/C19H25N3O3/c1-19(2,24)14-7-6-10-22(12-14)18(23)17-11-15(20-21-17)13-25-16-8-4-3-5-9-16/h3-5,8-9,11,14,24H,6-7,10,12-13H2,1-2H3,(H,20,21). The van der Waals surface area contributed by atoms with Crippen LogP contribution >= 0.6 is 0 Å². The zero-order valence-corrected chi connectivity index (χ0v) is 14.7. The Hall–Kier alpha value is -2.34. The molecular formula is C19H25N3O3. The van der Waals surface area contributed by atoms with Gasteiger partial charge in [0.2, 0.25) is 0 Å². The number of carbonyl (C=O) groups is 1. The molecule has 0 bridgehead atoms. The summed E-state index contributed by atoms with van der Waals surface area (Å²) in [5, 5.41) is 17.2.